The van der Waals surface area contributed by atoms with Crippen molar-refractivity contribution >= 4 is 17.8 Å². The van der Waals surface area contributed by atoms with Gasteiger partial charge < -0.3 is 24.8 Å². The molecule has 4 amide bonds. The van der Waals surface area contributed by atoms with Crippen LogP contribution in [0.15, 0.2) is 24.3 Å². The molecule has 2 heterocycles. The van der Waals surface area contributed by atoms with E-state index in [1.165, 1.54) is 6.42 Å². The fourth-order valence-corrected chi connectivity index (χ4v) is 3.73. The van der Waals surface area contributed by atoms with Gasteiger partial charge in [0.25, 0.3) is 5.91 Å². The lowest BCUT2D eigenvalue weighted by Crippen LogP contribution is -2.55. The first-order valence-corrected chi connectivity index (χ1v) is 10.4. The summed E-state index contributed by atoms with van der Waals surface area (Å²) in [6.07, 6.45) is 3.32. The average molecular weight is 402 g/mol. The standard InChI is InChI=1S/C21H30N4O4/c1-2-29-18-9-5-4-8-17(18)20(27)22-16-19(26)23-12-14-25(15-13-23)21(28)24-10-6-3-7-11-24/h4-5,8-9H,2-3,6-7,10-16H2,1H3,(H,22,27). The molecule has 0 radical (unpaired) electrons. The second kappa shape index (κ2) is 10.1. The van der Waals surface area contributed by atoms with E-state index in [0.29, 0.717) is 44.1 Å². The van der Waals surface area contributed by atoms with Crippen LogP contribution in [-0.4, -0.2) is 85.0 Å². The summed E-state index contributed by atoms with van der Waals surface area (Å²) < 4.78 is 5.47. The van der Waals surface area contributed by atoms with Crippen molar-refractivity contribution in [3.63, 3.8) is 0 Å². The summed E-state index contributed by atoms with van der Waals surface area (Å²) in [5.74, 6) is 0.0309. The van der Waals surface area contributed by atoms with Crippen LogP contribution in [0.2, 0.25) is 0 Å². The maximum Gasteiger partial charge on any atom is 0.320 e. The van der Waals surface area contributed by atoms with Crippen molar-refractivity contribution in [2.45, 2.75) is 26.2 Å². The van der Waals surface area contributed by atoms with E-state index in [-0.39, 0.29) is 24.4 Å². The van der Waals surface area contributed by atoms with Crippen molar-refractivity contribution in [1.82, 2.24) is 20.0 Å². The van der Waals surface area contributed by atoms with E-state index < -0.39 is 0 Å². The number of nitrogens with one attached hydrogen (secondary N) is 1. The van der Waals surface area contributed by atoms with Gasteiger partial charge in [-0.05, 0) is 38.3 Å². The van der Waals surface area contributed by atoms with Gasteiger partial charge in [-0.25, -0.2) is 4.79 Å². The van der Waals surface area contributed by atoms with Crippen molar-refractivity contribution in [2.75, 3.05) is 52.4 Å². The number of urea groups is 1. The second-order valence-corrected chi connectivity index (χ2v) is 7.31. The van der Waals surface area contributed by atoms with E-state index >= 15 is 0 Å². The van der Waals surface area contributed by atoms with E-state index in [2.05, 4.69) is 5.32 Å². The third kappa shape index (κ3) is 5.40. The van der Waals surface area contributed by atoms with Crippen molar-refractivity contribution in [3.05, 3.63) is 29.8 Å². The summed E-state index contributed by atoms with van der Waals surface area (Å²) in [7, 11) is 0. The Hall–Kier alpha value is -2.77. The minimum atomic E-state index is -0.332. The smallest absolute Gasteiger partial charge is 0.320 e. The highest BCUT2D eigenvalue weighted by atomic mass is 16.5. The number of hydrogen-bond donors (Lipinski definition) is 1. The van der Waals surface area contributed by atoms with Crippen molar-refractivity contribution < 1.29 is 19.1 Å². The van der Waals surface area contributed by atoms with Crippen molar-refractivity contribution in [3.8, 4) is 5.75 Å². The van der Waals surface area contributed by atoms with Crippen LogP contribution >= 0.6 is 0 Å². The molecule has 2 aliphatic rings. The molecule has 0 saturated carbocycles. The SMILES string of the molecule is CCOc1ccccc1C(=O)NCC(=O)N1CCN(C(=O)N2CCCCC2)CC1. The molecule has 2 saturated heterocycles. The van der Waals surface area contributed by atoms with Crippen LogP contribution in [0.25, 0.3) is 0 Å². The summed E-state index contributed by atoms with van der Waals surface area (Å²) in [5.41, 5.74) is 0.416. The van der Waals surface area contributed by atoms with E-state index in [9.17, 15) is 14.4 Å². The first kappa shape index (κ1) is 21.0. The molecular formula is C21H30N4O4. The molecule has 0 unspecified atom stereocenters. The first-order valence-electron chi connectivity index (χ1n) is 10.4. The highest BCUT2D eigenvalue weighted by molar-refractivity contribution is 5.98. The number of piperidine rings is 1. The number of amides is 4. The number of para-hydroxylation sites is 1. The molecule has 3 rings (SSSR count). The van der Waals surface area contributed by atoms with Crippen LogP contribution in [0.5, 0.6) is 5.75 Å². The van der Waals surface area contributed by atoms with Gasteiger partial charge in [0.05, 0.1) is 18.7 Å². The molecule has 0 atom stereocenters. The molecule has 1 aromatic rings. The molecule has 0 aliphatic carbocycles. The number of hydrogen-bond acceptors (Lipinski definition) is 4. The molecule has 1 N–H and O–H groups in total. The lowest BCUT2D eigenvalue weighted by atomic mass is 10.1. The molecule has 0 spiro atoms. The maximum absolute atomic E-state index is 12.6. The largest absolute Gasteiger partial charge is 0.493 e. The van der Waals surface area contributed by atoms with Gasteiger partial charge in [-0.3, -0.25) is 9.59 Å². The Balaban J connectivity index is 1.45. The maximum atomic E-state index is 12.6. The number of nitrogens with zero attached hydrogens (tertiary/aromatic N) is 3. The quantitative estimate of drug-likeness (QED) is 0.811. The lowest BCUT2D eigenvalue weighted by molar-refractivity contribution is -0.131. The van der Waals surface area contributed by atoms with Crippen LogP contribution in [0.1, 0.15) is 36.5 Å². The number of likely N-dealkylation sites (tertiary alicyclic amines) is 1. The van der Waals surface area contributed by atoms with Gasteiger partial charge in [-0.15, -0.1) is 0 Å². The fraction of sp³-hybridized carbons (Fsp3) is 0.571. The number of piperazine rings is 1. The molecule has 8 heteroatoms. The number of carbonyl (C=O) groups excluding carboxylic acids is 3. The Morgan fingerprint density at radius 3 is 2.21 bits per heavy atom. The molecule has 2 fully saturated rings. The van der Waals surface area contributed by atoms with Gasteiger partial charge in [0.15, 0.2) is 0 Å². The topological polar surface area (TPSA) is 82.2 Å². The normalized spacial score (nSPS) is 17.1. The van der Waals surface area contributed by atoms with Crippen LogP contribution < -0.4 is 10.1 Å². The van der Waals surface area contributed by atoms with Crippen LogP contribution in [0.3, 0.4) is 0 Å². The Labute approximate surface area is 171 Å². The van der Waals surface area contributed by atoms with Gasteiger partial charge in [-0.2, -0.15) is 0 Å². The summed E-state index contributed by atoms with van der Waals surface area (Å²) in [5, 5.41) is 2.68. The minimum Gasteiger partial charge on any atom is -0.493 e. The van der Waals surface area contributed by atoms with Crippen molar-refractivity contribution in [2.24, 2.45) is 0 Å². The van der Waals surface area contributed by atoms with Gasteiger partial charge in [0, 0.05) is 39.3 Å². The highest BCUT2D eigenvalue weighted by Crippen LogP contribution is 2.17. The molecule has 0 aromatic heterocycles. The predicted octanol–water partition coefficient (Wildman–Crippen LogP) is 1.57. The van der Waals surface area contributed by atoms with Gasteiger partial charge in [0.2, 0.25) is 5.91 Å². The number of benzene rings is 1. The molecule has 2 aliphatic heterocycles. The zero-order valence-corrected chi connectivity index (χ0v) is 17.1. The molecule has 158 valence electrons. The van der Waals surface area contributed by atoms with Crippen molar-refractivity contribution in [1.29, 1.82) is 0 Å². The predicted molar refractivity (Wildman–Crippen MR) is 109 cm³/mol. The monoisotopic (exact) mass is 402 g/mol. The molecule has 0 bridgehead atoms. The van der Waals surface area contributed by atoms with E-state index in [4.69, 9.17) is 4.74 Å². The third-order valence-electron chi connectivity index (χ3n) is 5.36. The average Bonchev–Trinajstić information content (AvgIpc) is 2.78. The fourth-order valence-electron chi connectivity index (χ4n) is 3.73. The van der Waals surface area contributed by atoms with E-state index in [1.54, 1.807) is 29.2 Å². The van der Waals surface area contributed by atoms with Gasteiger partial charge >= 0.3 is 6.03 Å². The third-order valence-corrected chi connectivity index (χ3v) is 5.36. The Kier molecular flexibility index (Phi) is 7.32. The molecule has 1 aromatic carbocycles. The van der Waals surface area contributed by atoms with Crippen LogP contribution in [0.4, 0.5) is 4.79 Å². The Morgan fingerprint density at radius 2 is 1.52 bits per heavy atom. The Morgan fingerprint density at radius 1 is 0.897 bits per heavy atom. The summed E-state index contributed by atoms with van der Waals surface area (Å²) in [4.78, 5) is 42.9. The number of carbonyl (C=O) groups is 3. The molecular weight excluding hydrogens is 372 g/mol. The second-order valence-electron chi connectivity index (χ2n) is 7.31. The first-order chi connectivity index (χ1) is 14.1. The van der Waals surface area contributed by atoms with Gasteiger partial charge in [0.1, 0.15) is 5.75 Å². The van der Waals surface area contributed by atoms with Gasteiger partial charge in [-0.1, -0.05) is 12.1 Å². The molecule has 29 heavy (non-hydrogen) atoms. The lowest BCUT2D eigenvalue weighted by Gasteiger charge is -2.38. The number of rotatable bonds is 5. The number of ether oxygens (including phenoxy) is 1. The Bertz CT molecular complexity index is 725. The zero-order valence-electron chi connectivity index (χ0n) is 17.1. The van der Waals surface area contributed by atoms with E-state index in [0.717, 1.165) is 25.9 Å². The van der Waals surface area contributed by atoms with Crippen LogP contribution in [-0.2, 0) is 4.79 Å². The summed E-state index contributed by atoms with van der Waals surface area (Å²) in [6, 6.07) is 7.06. The summed E-state index contributed by atoms with van der Waals surface area (Å²) >= 11 is 0. The zero-order chi connectivity index (χ0) is 20.6. The minimum absolute atomic E-state index is 0.0701. The van der Waals surface area contributed by atoms with Crippen LogP contribution in [0, 0.1) is 0 Å². The summed E-state index contributed by atoms with van der Waals surface area (Å²) in [6.45, 7) is 5.94. The highest BCUT2D eigenvalue weighted by Gasteiger charge is 2.28. The van der Waals surface area contributed by atoms with E-state index in [1.807, 2.05) is 16.7 Å². The molecule has 8 nitrogen and oxygen atoms in total.